The fourth-order valence-electron chi connectivity index (χ4n) is 1.85. The van der Waals surface area contributed by atoms with Gasteiger partial charge in [0, 0.05) is 18.5 Å². The smallest absolute Gasteiger partial charge is 0.402 e. The first kappa shape index (κ1) is 14.2. The van der Waals surface area contributed by atoms with E-state index < -0.39 is 33.1 Å². The minimum Gasteiger partial charge on any atom is -0.402 e. The molecule has 1 amide bonds. The SMILES string of the molecule is CNC(=O)Oc1c([N+](=O)[O-])c([N+](=O)[O-])cc2ccccc12. The number of hydrogen-bond acceptors (Lipinski definition) is 6. The van der Waals surface area contributed by atoms with Crippen molar-refractivity contribution in [1.82, 2.24) is 5.32 Å². The van der Waals surface area contributed by atoms with Crippen LogP contribution in [0.3, 0.4) is 0 Å². The van der Waals surface area contributed by atoms with E-state index in [2.05, 4.69) is 5.32 Å². The Morgan fingerprint density at radius 1 is 1.19 bits per heavy atom. The molecule has 2 rings (SSSR count). The van der Waals surface area contributed by atoms with Crippen LogP contribution >= 0.6 is 0 Å². The van der Waals surface area contributed by atoms with Crippen LogP contribution in [0.25, 0.3) is 10.8 Å². The topological polar surface area (TPSA) is 125 Å². The molecule has 0 saturated heterocycles. The maximum atomic E-state index is 11.4. The highest BCUT2D eigenvalue weighted by Gasteiger charge is 2.33. The first-order valence-corrected chi connectivity index (χ1v) is 5.69. The number of carbonyl (C=O) groups is 1. The Balaban J connectivity index is 2.86. The van der Waals surface area contributed by atoms with E-state index in [1.165, 1.54) is 19.2 Å². The zero-order valence-corrected chi connectivity index (χ0v) is 10.7. The summed E-state index contributed by atoms with van der Waals surface area (Å²) in [6, 6.07) is 7.27. The first-order valence-electron chi connectivity index (χ1n) is 5.69. The van der Waals surface area contributed by atoms with Gasteiger partial charge in [-0.1, -0.05) is 24.3 Å². The van der Waals surface area contributed by atoms with Crippen LogP contribution in [0, 0.1) is 20.2 Å². The van der Waals surface area contributed by atoms with Crippen molar-refractivity contribution in [2.75, 3.05) is 7.05 Å². The fraction of sp³-hybridized carbons (Fsp3) is 0.0833. The third-order valence-corrected chi connectivity index (χ3v) is 2.73. The molecule has 0 fully saturated rings. The van der Waals surface area contributed by atoms with Crippen molar-refractivity contribution < 1.29 is 19.4 Å². The molecular weight excluding hydrogens is 282 g/mol. The Morgan fingerprint density at radius 3 is 2.43 bits per heavy atom. The summed E-state index contributed by atoms with van der Waals surface area (Å²) >= 11 is 0. The zero-order valence-electron chi connectivity index (χ0n) is 10.7. The Morgan fingerprint density at radius 2 is 1.86 bits per heavy atom. The Bertz CT molecular complexity index is 758. The van der Waals surface area contributed by atoms with Crippen LogP contribution < -0.4 is 10.1 Å². The lowest BCUT2D eigenvalue weighted by Gasteiger charge is -2.08. The average Bonchev–Trinajstić information content (AvgIpc) is 2.46. The van der Waals surface area contributed by atoms with E-state index in [9.17, 15) is 25.0 Å². The summed E-state index contributed by atoms with van der Waals surface area (Å²) in [5.74, 6) is -0.454. The molecule has 0 aliphatic heterocycles. The van der Waals surface area contributed by atoms with E-state index in [1.54, 1.807) is 12.1 Å². The van der Waals surface area contributed by atoms with Crippen molar-refractivity contribution in [3.63, 3.8) is 0 Å². The summed E-state index contributed by atoms with van der Waals surface area (Å²) in [5, 5.41) is 24.9. The van der Waals surface area contributed by atoms with Gasteiger partial charge >= 0.3 is 17.5 Å². The van der Waals surface area contributed by atoms with Crippen molar-refractivity contribution in [3.05, 3.63) is 50.6 Å². The molecule has 2 aromatic rings. The fourth-order valence-corrected chi connectivity index (χ4v) is 1.85. The van der Waals surface area contributed by atoms with Gasteiger partial charge in [-0.2, -0.15) is 0 Å². The van der Waals surface area contributed by atoms with Crippen LogP contribution in [-0.4, -0.2) is 23.0 Å². The summed E-state index contributed by atoms with van der Waals surface area (Å²) in [5.41, 5.74) is -1.60. The van der Waals surface area contributed by atoms with Crippen molar-refractivity contribution in [1.29, 1.82) is 0 Å². The molecule has 21 heavy (non-hydrogen) atoms. The van der Waals surface area contributed by atoms with Crippen molar-refractivity contribution >= 4 is 28.2 Å². The Kier molecular flexibility index (Phi) is 3.65. The molecule has 0 bridgehead atoms. The van der Waals surface area contributed by atoms with Gasteiger partial charge in [0.1, 0.15) is 0 Å². The number of ether oxygens (including phenoxy) is 1. The van der Waals surface area contributed by atoms with Gasteiger partial charge in [-0.15, -0.1) is 0 Å². The van der Waals surface area contributed by atoms with E-state index in [0.717, 1.165) is 6.07 Å². The molecule has 0 aromatic heterocycles. The highest BCUT2D eigenvalue weighted by Crippen LogP contribution is 2.42. The minimum absolute atomic E-state index is 0.235. The molecule has 9 heteroatoms. The van der Waals surface area contributed by atoms with Crippen molar-refractivity contribution in [2.24, 2.45) is 0 Å². The van der Waals surface area contributed by atoms with Gasteiger partial charge in [0.05, 0.1) is 9.85 Å². The molecule has 0 aliphatic rings. The lowest BCUT2D eigenvalue weighted by molar-refractivity contribution is -0.422. The quantitative estimate of drug-likeness (QED) is 0.683. The van der Waals surface area contributed by atoms with Crippen LogP contribution in [0.2, 0.25) is 0 Å². The minimum atomic E-state index is -0.955. The molecule has 0 aliphatic carbocycles. The summed E-state index contributed by atoms with van der Waals surface area (Å²) < 4.78 is 4.86. The summed E-state index contributed by atoms with van der Waals surface area (Å²) in [6.45, 7) is 0. The predicted molar refractivity (Wildman–Crippen MR) is 72.3 cm³/mol. The molecule has 2 aromatic carbocycles. The number of nitrogens with zero attached hydrogens (tertiary/aromatic N) is 2. The van der Waals surface area contributed by atoms with Gasteiger partial charge in [0.15, 0.2) is 0 Å². The lowest BCUT2D eigenvalue weighted by Crippen LogP contribution is -2.22. The maximum absolute atomic E-state index is 11.4. The van der Waals surface area contributed by atoms with Gasteiger partial charge in [0.25, 0.3) is 0 Å². The molecule has 108 valence electrons. The van der Waals surface area contributed by atoms with Crippen LogP contribution in [0.4, 0.5) is 16.2 Å². The number of nitrogens with one attached hydrogen (secondary N) is 1. The second-order valence-corrected chi connectivity index (χ2v) is 3.95. The van der Waals surface area contributed by atoms with Crippen molar-refractivity contribution in [2.45, 2.75) is 0 Å². The highest BCUT2D eigenvalue weighted by molar-refractivity contribution is 5.97. The summed E-state index contributed by atoms with van der Waals surface area (Å²) in [6.07, 6.45) is -0.955. The van der Waals surface area contributed by atoms with Gasteiger partial charge < -0.3 is 10.1 Å². The third-order valence-electron chi connectivity index (χ3n) is 2.73. The monoisotopic (exact) mass is 291 g/mol. The number of rotatable bonds is 3. The number of fused-ring (bicyclic) bond motifs is 1. The number of nitro benzene ring substituents is 2. The van der Waals surface area contributed by atoms with Gasteiger partial charge in [0.2, 0.25) is 5.75 Å². The highest BCUT2D eigenvalue weighted by atomic mass is 16.6. The van der Waals surface area contributed by atoms with E-state index in [0.29, 0.717) is 5.39 Å². The molecule has 0 saturated carbocycles. The summed E-state index contributed by atoms with van der Waals surface area (Å²) in [7, 11) is 1.27. The number of hydrogen-bond donors (Lipinski definition) is 1. The Labute approximate surface area is 117 Å². The summed E-state index contributed by atoms with van der Waals surface area (Å²) in [4.78, 5) is 31.7. The van der Waals surface area contributed by atoms with Crippen LogP contribution in [0.5, 0.6) is 5.75 Å². The molecule has 0 radical (unpaired) electrons. The number of benzene rings is 2. The molecule has 0 spiro atoms. The first-order chi connectivity index (χ1) is 9.95. The third kappa shape index (κ3) is 2.56. The van der Waals surface area contributed by atoms with Crippen LogP contribution in [0.15, 0.2) is 30.3 Å². The molecular formula is C12H9N3O6. The molecule has 0 unspecified atom stereocenters. The van der Waals surface area contributed by atoms with E-state index in [1.807, 2.05) is 0 Å². The van der Waals surface area contributed by atoms with Gasteiger partial charge in [-0.3, -0.25) is 20.2 Å². The number of nitro groups is 2. The second-order valence-electron chi connectivity index (χ2n) is 3.95. The predicted octanol–water partition coefficient (Wildman–Crippen LogP) is 2.37. The zero-order chi connectivity index (χ0) is 15.6. The standard InChI is InChI=1S/C12H9N3O6/c1-13-12(16)21-11-8-5-3-2-4-7(8)6-9(14(17)18)10(11)15(19)20/h2-6H,1H3,(H,13,16). The lowest BCUT2D eigenvalue weighted by atomic mass is 10.1. The number of carbonyl (C=O) groups excluding carboxylic acids is 1. The average molecular weight is 291 g/mol. The Hall–Kier alpha value is -3.23. The normalized spacial score (nSPS) is 10.1. The van der Waals surface area contributed by atoms with Gasteiger partial charge in [-0.05, 0) is 5.39 Å². The number of amides is 1. The molecule has 1 N–H and O–H groups in total. The van der Waals surface area contributed by atoms with Gasteiger partial charge in [-0.25, -0.2) is 4.79 Å². The van der Waals surface area contributed by atoms with E-state index in [-0.39, 0.29) is 5.39 Å². The molecule has 0 heterocycles. The molecule has 0 atom stereocenters. The molecule has 9 nitrogen and oxygen atoms in total. The maximum Gasteiger partial charge on any atom is 0.412 e. The van der Waals surface area contributed by atoms with Crippen LogP contribution in [-0.2, 0) is 0 Å². The van der Waals surface area contributed by atoms with E-state index in [4.69, 9.17) is 4.74 Å². The van der Waals surface area contributed by atoms with E-state index >= 15 is 0 Å². The largest absolute Gasteiger partial charge is 0.412 e. The van der Waals surface area contributed by atoms with Crippen molar-refractivity contribution in [3.8, 4) is 5.75 Å². The van der Waals surface area contributed by atoms with Crippen LogP contribution in [0.1, 0.15) is 0 Å². The second kappa shape index (κ2) is 5.41.